The average Bonchev–Trinajstić information content (AvgIpc) is 3.11. The molecular formula is C74H144O17P2. The van der Waals surface area contributed by atoms with E-state index in [0.717, 1.165) is 103 Å². The van der Waals surface area contributed by atoms with Gasteiger partial charge in [-0.2, -0.15) is 0 Å². The Morgan fingerprint density at radius 1 is 0.258 bits per heavy atom. The largest absolute Gasteiger partial charge is 0.472 e. The van der Waals surface area contributed by atoms with Gasteiger partial charge in [0.05, 0.1) is 26.4 Å². The summed E-state index contributed by atoms with van der Waals surface area (Å²) in [5.41, 5.74) is 0. The number of hydrogen-bond acceptors (Lipinski definition) is 15. The summed E-state index contributed by atoms with van der Waals surface area (Å²) >= 11 is 0. The molecule has 2 unspecified atom stereocenters. The van der Waals surface area contributed by atoms with Crippen LogP contribution in [0.3, 0.4) is 0 Å². The lowest BCUT2D eigenvalue weighted by Crippen LogP contribution is -2.30. The highest BCUT2D eigenvalue weighted by atomic mass is 31.2. The van der Waals surface area contributed by atoms with E-state index >= 15 is 0 Å². The van der Waals surface area contributed by atoms with Gasteiger partial charge in [0.15, 0.2) is 12.2 Å². The number of aliphatic hydroxyl groups excluding tert-OH is 1. The smallest absolute Gasteiger partial charge is 0.462 e. The quantitative estimate of drug-likeness (QED) is 0.0222. The Kier molecular flexibility index (Phi) is 67.1. The van der Waals surface area contributed by atoms with Crippen molar-refractivity contribution in [3.05, 3.63) is 0 Å². The predicted octanol–water partition coefficient (Wildman–Crippen LogP) is 21.8. The molecule has 19 heteroatoms. The Balaban J connectivity index is 5.13. The fourth-order valence-corrected chi connectivity index (χ4v) is 13.0. The number of carbonyl (C=O) groups excluding carboxylic acids is 4. The second-order valence-corrected chi connectivity index (χ2v) is 29.6. The van der Waals surface area contributed by atoms with Gasteiger partial charge < -0.3 is 33.8 Å². The van der Waals surface area contributed by atoms with E-state index in [4.69, 9.17) is 37.0 Å². The molecule has 0 saturated heterocycles. The van der Waals surface area contributed by atoms with Gasteiger partial charge in [0, 0.05) is 25.7 Å². The molecule has 0 radical (unpaired) electrons. The van der Waals surface area contributed by atoms with Gasteiger partial charge in [-0.25, -0.2) is 9.13 Å². The molecule has 0 aliphatic rings. The van der Waals surface area contributed by atoms with Crippen LogP contribution in [0.2, 0.25) is 0 Å². The van der Waals surface area contributed by atoms with Gasteiger partial charge in [-0.05, 0) is 25.7 Å². The average molecular weight is 1370 g/mol. The molecule has 0 saturated carbocycles. The zero-order chi connectivity index (χ0) is 68.2. The van der Waals surface area contributed by atoms with Crippen molar-refractivity contribution in [2.75, 3.05) is 39.6 Å². The maximum Gasteiger partial charge on any atom is 0.472 e. The summed E-state index contributed by atoms with van der Waals surface area (Å²) in [6, 6.07) is 0. The summed E-state index contributed by atoms with van der Waals surface area (Å²) in [6.45, 7) is 4.92. The molecule has 0 aromatic heterocycles. The van der Waals surface area contributed by atoms with Crippen molar-refractivity contribution < 1.29 is 80.2 Å². The van der Waals surface area contributed by atoms with Gasteiger partial charge in [0.1, 0.15) is 19.3 Å². The second kappa shape index (κ2) is 68.6. The summed E-state index contributed by atoms with van der Waals surface area (Å²) < 4.78 is 68.3. The Morgan fingerprint density at radius 3 is 0.634 bits per heavy atom. The van der Waals surface area contributed by atoms with E-state index < -0.39 is 97.5 Å². The van der Waals surface area contributed by atoms with Crippen LogP contribution >= 0.6 is 15.6 Å². The lowest BCUT2D eigenvalue weighted by molar-refractivity contribution is -0.161. The molecule has 0 aromatic carbocycles. The first-order chi connectivity index (χ1) is 45.2. The number of rotatable bonds is 75. The van der Waals surface area contributed by atoms with Crippen LogP contribution in [0.5, 0.6) is 0 Å². The van der Waals surface area contributed by atoms with E-state index in [0.29, 0.717) is 25.7 Å². The zero-order valence-electron chi connectivity index (χ0n) is 60.2. The molecule has 0 bridgehead atoms. The van der Waals surface area contributed by atoms with Crippen molar-refractivity contribution in [3.63, 3.8) is 0 Å². The molecule has 0 aromatic rings. The van der Waals surface area contributed by atoms with E-state index in [9.17, 15) is 43.2 Å². The Hall–Kier alpha value is -1.94. The van der Waals surface area contributed by atoms with Gasteiger partial charge in [-0.1, -0.05) is 342 Å². The molecule has 93 heavy (non-hydrogen) atoms. The topological polar surface area (TPSA) is 237 Å². The standard InChI is InChI=1S/C74H144O17P2/c1-5-9-13-17-21-24-27-29-31-32-33-34-35-36-37-38-40-42-45-49-53-57-61-74(79)91-70(65-85-72(77)59-55-51-47-44-41-39-30-28-25-22-18-14-10-6-2)67-89-93(82,83)87-63-68(75)62-86-92(80,81)88-66-69(64-84-71(76)58-54-50-46-20-16-12-8-4)90-73(78)60-56-52-48-43-26-23-19-15-11-7-3/h68-70,75H,5-67H2,1-4H3,(H,80,81)(H,82,83)/t68-,69+,70+/m0/s1. The number of carbonyl (C=O) groups is 4. The van der Waals surface area contributed by atoms with Crippen LogP contribution < -0.4 is 0 Å². The van der Waals surface area contributed by atoms with Crippen LogP contribution in [-0.2, 0) is 65.4 Å². The lowest BCUT2D eigenvalue weighted by atomic mass is 10.0. The summed E-state index contributed by atoms with van der Waals surface area (Å²) in [7, 11) is -9.90. The number of ether oxygens (including phenoxy) is 4. The van der Waals surface area contributed by atoms with Crippen molar-refractivity contribution in [3.8, 4) is 0 Å². The Bertz CT molecular complexity index is 1770. The van der Waals surface area contributed by atoms with Crippen molar-refractivity contribution in [2.45, 2.75) is 412 Å². The first-order valence-corrected chi connectivity index (χ1v) is 41.8. The van der Waals surface area contributed by atoms with Crippen molar-refractivity contribution >= 4 is 39.5 Å². The molecule has 0 fully saturated rings. The minimum absolute atomic E-state index is 0.107. The Morgan fingerprint density at radius 2 is 0.430 bits per heavy atom. The number of phosphoric ester groups is 2. The fourth-order valence-electron chi connectivity index (χ4n) is 11.4. The monoisotopic (exact) mass is 1370 g/mol. The van der Waals surface area contributed by atoms with Crippen LogP contribution in [0.25, 0.3) is 0 Å². The van der Waals surface area contributed by atoms with Crippen molar-refractivity contribution in [1.29, 1.82) is 0 Å². The predicted molar refractivity (Wildman–Crippen MR) is 377 cm³/mol. The SMILES string of the molecule is CCCCCCCCCCCCCCCCCCCCCCCCC(=O)O[C@H](COC(=O)CCCCCCCCCCCCCCCC)COP(=O)(O)OC[C@@H](O)COP(=O)(O)OC[C@@H](COC(=O)CCCCCCCCC)OC(=O)CCCCCCCCCCCC. The number of hydrogen-bond donors (Lipinski definition) is 3. The third-order valence-electron chi connectivity index (χ3n) is 17.4. The first-order valence-electron chi connectivity index (χ1n) is 38.8. The molecule has 0 heterocycles. The van der Waals surface area contributed by atoms with Gasteiger partial charge in [0.2, 0.25) is 0 Å². The third-order valence-corrected chi connectivity index (χ3v) is 19.3. The maximum absolute atomic E-state index is 13.1. The minimum atomic E-state index is -4.95. The minimum Gasteiger partial charge on any atom is -0.462 e. The summed E-state index contributed by atoms with van der Waals surface area (Å²) in [6.07, 6.45) is 58.5. The normalized spacial score (nSPS) is 13.9. The van der Waals surface area contributed by atoms with Gasteiger partial charge in [-0.3, -0.25) is 37.3 Å². The molecule has 0 aliphatic heterocycles. The van der Waals surface area contributed by atoms with E-state index in [-0.39, 0.29) is 25.7 Å². The molecule has 552 valence electrons. The molecule has 0 rings (SSSR count). The number of phosphoric acid groups is 2. The number of unbranched alkanes of at least 4 members (excludes halogenated alkanes) is 49. The van der Waals surface area contributed by atoms with Crippen LogP contribution in [0.4, 0.5) is 0 Å². The zero-order valence-corrected chi connectivity index (χ0v) is 62.0. The van der Waals surface area contributed by atoms with Crippen molar-refractivity contribution in [1.82, 2.24) is 0 Å². The molecule has 5 atom stereocenters. The van der Waals surface area contributed by atoms with Crippen molar-refractivity contribution in [2.24, 2.45) is 0 Å². The highest BCUT2D eigenvalue weighted by molar-refractivity contribution is 7.47. The first kappa shape index (κ1) is 91.1. The van der Waals surface area contributed by atoms with Crippen LogP contribution in [0.15, 0.2) is 0 Å². The van der Waals surface area contributed by atoms with E-state index in [2.05, 4.69) is 27.7 Å². The summed E-state index contributed by atoms with van der Waals surface area (Å²) in [5, 5.41) is 10.6. The van der Waals surface area contributed by atoms with Gasteiger partial charge >= 0.3 is 39.5 Å². The number of esters is 4. The molecule has 0 amide bonds. The molecule has 17 nitrogen and oxygen atoms in total. The molecule has 0 spiro atoms. The molecular weight excluding hydrogens is 1220 g/mol. The number of aliphatic hydroxyl groups is 1. The van der Waals surface area contributed by atoms with E-state index in [1.54, 1.807) is 0 Å². The summed E-state index contributed by atoms with van der Waals surface area (Å²) in [5.74, 6) is -2.12. The second-order valence-electron chi connectivity index (χ2n) is 26.7. The molecule has 0 aliphatic carbocycles. The van der Waals surface area contributed by atoms with Crippen LogP contribution in [-0.4, -0.2) is 96.7 Å². The van der Waals surface area contributed by atoms with E-state index in [1.165, 1.54) is 212 Å². The lowest BCUT2D eigenvalue weighted by Gasteiger charge is -2.21. The maximum atomic E-state index is 13.1. The highest BCUT2D eigenvalue weighted by Gasteiger charge is 2.30. The van der Waals surface area contributed by atoms with Gasteiger partial charge in [-0.15, -0.1) is 0 Å². The van der Waals surface area contributed by atoms with Gasteiger partial charge in [0.25, 0.3) is 0 Å². The summed E-state index contributed by atoms with van der Waals surface area (Å²) in [4.78, 5) is 72.5. The molecule has 3 N–H and O–H groups in total. The Labute approximate surface area is 568 Å². The third kappa shape index (κ3) is 68.4. The highest BCUT2D eigenvalue weighted by Crippen LogP contribution is 2.45. The fraction of sp³-hybridized carbons (Fsp3) is 0.946. The van der Waals surface area contributed by atoms with E-state index in [1.807, 2.05) is 0 Å². The van der Waals surface area contributed by atoms with Crippen LogP contribution in [0.1, 0.15) is 394 Å². The van der Waals surface area contributed by atoms with Crippen LogP contribution in [0, 0.1) is 0 Å².